The van der Waals surface area contributed by atoms with Gasteiger partial charge in [0.05, 0.1) is 7.11 Å². The molecule has 1 aliphatic heterocycles. The molecule has 1 saturated heterocycles. The normalized spacial score (nSPS) is 19.4. The van der Waals surface area contributed by atoms with Gasteiger partial charge in [0, 0.05) is 25.1 Å². The fourth-order valence-corrected chi connectivity index (χ4v) is 2.07. The summed E-state index contributed by atoms with van der Waals surface area (Å²) in [5.74, 6) is -1.90. The molecule has 1 heterocycles. The van der Waals surface area contributed by atoms with E-state index in [9.17, 15) is 13.6 Å². The van der Waals surface area contributed by atoms with Gasteiger partial charge in [-0.05, 0) is 12.5 Å². The number of amides is 1. The number of nitrogens with zero attached hydrogens (tertiary/aromatic N) is 1. The zero-order valence-corrected chi connectivity index (χ0v) is 9.95. The van der Waals surface area contributed by atoms with Crippen molar-refractivity contribution in [3.8, 4) is 5.75 Å². The summed E-state index contributed by atoms with van der Waals surface area (Å²) in [6.45, 7) is 0.567. The van der Waals surface area contributed by atoms with Crippen molar-refractivity contribution in [3.63, 3.8) is 0 Å². The minimum Gasteiger partial charge on any atom is -0.497 e. The summed E-state index contributed by atoms with van der Waals surface area (Å²) in [6, 6.07) is 2.11. The predicted molar refractivity (Wildman–Crippen MR) is 62.4 cm³/mol. The second kappa shape index (κ2) is 4.89. The molecule has 1 fully saturated rings. The fraction of sp³-hybridized carbons (Fsp3) is 0.417. The van der Waals surface area contributed by atoms with Gasteiger partial charge in [-0.25, -0.2) is 8.78 Å². The quantitative estimate of drug-likeness (QED) is 0.886. The van der Waals surface area contributed by atoms with Gasteiger partial charge in [0.15, 0.2) is 11.6 Å². The number of nitrogens with two attached hydrogens (primary N) is 1. The second-order valence-corrected chi connectivity index (χ2v) is 4.25. The molecule has 0 aromatic heterocycles. The lowest BCUT2D eigenvalue weighted by Gasteiger charge is -2.18. The van der Waals surface area contributed by atoms with E-state index in [0.29, 0.717) is 6.54 Å². The molecule has 0 spiro atoms. The first kappa shape index (κ1) is 12.8. The van der Waals surface area contributed by atoms with Gasteiger partial charge in [-0.1, -0.05) is 0 Å². The van der Waals surface area contributed by atoms with Gasteiger partial charge < -0.3 is 15.4 Å². The number of hydrogen-bond donors (Lipinski definition) is 1. The third-order valence-corrected chi connectivity index (χ3v) is 3.03. The molecule has 2 rings (SSSR count). The summed E-state index contributed by atoms with van der Waals surface area (Å²) >= 11 is 0. The standard InChI is InChI=1S/C12H14F2N2O2/c1-18-8-3-9(13)12(10(14)4-8)16-6-7(5-15)2-11(16)17/h3-4,7H,2,5-6,15H2,1H3. The fourth-order valence-electron chi connectivity index (χ4n) is 2.07. The molecule has 1 atom stereocenters. The van der Waals surface area contributed by atoms with Crippen molar-refractivity contribution >= 4 is 11.6 Å². The van der Waals surface area contributed by atoms with Crippen LogP contribution in [0.15, 0.2) is 12.1 Å². The number of carbonyl (C=O) groups is 1. The summed E-state index contributed by atoms with van der Waals surface area (Å²) < 4.78 is 32.4. The number of ether oxygens (including phenoxy) is 1. The Bertz CT molecular complexity index is 456. The van der Waals surface area contributed by atoms with Crippen LogP contribution in [0.5, 0.6) is 5.75 Å². The van der Waals surface area contributed by atoms with Crippen LogP contribution in [0.1, 0.15) is 6.42 Å². The van der Waals surface area contributed by atoms with Gasteiger partial charge in [0.25, 0.3) is 0 Å². The van der Waals surface area contributed by atoms with Crippen LogP contribution < -0.4 is 15.4 Å². The van der Waals surface area contributed by atoms with Crippen molar-refractivity contribution in [2.45, 2.75) is 6.42 Å². The first-order valence-electron chi connectivity index (χ1n) is 5.60. The molecule has 1 aromatic rings. The molecular weight excluding hydrogens is 242 g/mol. The van der Waals surface area contributed by atoms with E-state index >= 15 is 0 Å². The Kier molecular flexibility index (Phi) is 3.47. The number of anilines is 1. The molecule has 0 radical (unpaired) electrons. The highest BCUT2D eigenvalue weighted by Crippen LogP contribution is 2.32. The maximum atomic E-state index is 13.8. The number of carbonyl (C=O) groups excluding carboxylic acids is 1. The summed E-state index contributed by atoms with van der Waals surface area (Å²) in [6.07, 6.45) is 0.224. The Labute approximate surface area is 103 Å². The second-order valence-electron chi connectivity index (χ2n) is 4.25. The van der Waals surface area contributed by atoms with Crippen molar-refractivity contribution in [3.05, 3.63) is 23.8 Å². The van der Waals surface area contributed by atoms with Crippen molar-refractivity contribution in [2.24, 2.45) is 11.7 Å². The Hall–Kier alpha value is -1.69. The molecule has 0 bridgehead atoms. The predicted octanol–water partition coefficient (Wildman–Crippen LogP) is 1.28. The lowest BCUT2D eigenvalue weighted by molar-refractivity contribution is -0.117. The first-order valence-corrected chi connectivity index (χ1v) is 5.60. The van der Waals surface area contributed by atoms with E-state index < -0.39 is 11.6 Å². The molecule has 0 saturated carbocycles. The van der Waals surface area contributed by atoms with Gasteiger partial charge in [-0.3, -0.25) is 4.79 Å². The van der Waals surface area contributed by atoms with Gasteiger partial charge in [-0.2, -0.15) is 0 Å². The third kappa shape index (κ3) is 2.15. The maximum absolute atomic E-state index is 13.8. The van der Waals surface area contributed by atoms with Crippen LogP contribution in [0, 0.1) is 17.6 Å². The Morgan fingerprint density at radius 3 is 2.50 bits per heavy atom. The summed E-state index contributed by atoms with van der Waals surface area (Å²) in [5, 5.41) is 0. The van der Waals surface area contributed by atoms with E-state index in [0.717, 1.165) is 17.0 Å². The van der Waals surface area contributed by atoms with Crippen LogP contribution in [0.25, 0.3) is 0 Å². The van der Waals surface area contributed by atoms with Gasteiger partial charge in [0.2, 0.25) is 5.91 Å². The van der Waals surface area contributed by atoms with Crippen LogP contribution in [0.3, 0.4) is 0 Å². The smallest absolute Gasteiger partial charge is 0.227 e. The Balaban J connectivity index is 2.37. The molecule has 1 amide bonds. The van der Waals surface area contributed by atoms with E-state index in [2.05, 4.69) is 0 Å². The zero-order valence-electron chi connectivity index (χ0n) is 9.95. The minimum absolute atomic E-state index is 0.0570. The molecular formula is C12H14F2N2O2. The minimum atomic E-state index is -0.808. The average Bonchev–Trinajstić information content (AvgIpc) is 2.70. The van der Waals surface area contributed by atoms with Crippen molar-refractivity contribution in [2.75, 3.05) is 25.1 Å². The van der Waals surface area contributed by atoms with E-state index in [1.54, 1.807) is 0 Å². The topological polar surface area (TPSA) is 55.6 Å². The molecule has 1 aliphatic rings. The molecule has 4 nitrogen and oxygen atoms in total. The number of rotatable bonds is 3. The van der Waals surface area contributed by atoms with Gasteiger partial charge in [0.1, 0.15) is 11.4 Å². The molecule has 2 N–H and O–H groups in total. The maximum Gasteiger partial charge on any atom is 0.227 e. The molecule has 18 heavy (non-hydrogen) atoms. The van der Waals surface area contributed by atoms with Crippen molar-refractivity contribution in [1.82, 2.24) is 0 Å². The Morgan fingerprint density at radius 1 is 1.44 bits per heavy atom. The molecule has 1 aromatic carbocycles. The van der Waals surface area contributed by atoms with Crippen LogP contribution in [-0.4, -0.2) is 26.1 Å². The highest BCUT2D eigenvalue weighted by molar-refractivity contribution is 5.96. The molecule has 98 valence electrons. The number of benzene rings is 1. The van der Waals surface area contributed by atoms with Crippen LogP contribution in [0.2, 0.25) is 0 Å². The lowest BCUT2D eigenvalue weighted by atomic mass is 10.1. The highest BCUT2D eigenvalue weighted by Gasteiger charge is 2.33. The van der Waals surface area contributed by atoms with Crippen molar-refractivity contribution in [1.29, 1.82) is 0 Å². The molecule has 1 unspecified atom stereocenters. The summed E-state index contributed by atoms with van der Waals surface area (Å²) in [7, 11) is 1.32. The largest absolute Gasteiger partial charge is 0.497 e. The van der Waals surface area contributed by atoms with E-state index in [4.69, 9.17) is 10.5 Å². The van der Waals surface area contributed by atoms with Crippen LogP contribution >= 0.6 is 0 Å². The average molecular weight is 256 g/mol. The molecule has 6 heteroatoms. The summed E-state index contributed by atoms with van der Waals surface area (Å²) in [5.41, 5.74) is 5.15. The first-order chi connectivity index (χ1) is 8.56. The zero-order chi connectivity index (χ0) is 13.3. The monoisotopic (exact) mass is 256 g/mol. The number of methoxy groups -OCH3 is 1. The van der Waals surface area contributed by atoms with Gasteiger partial charge in [-0.15, -0.1) is 0 Å². The third-order valence-electron chi connectivity index (χ3n) is 3.03. The van der Waals surface area contributed by atoms with E-state index in [1.807, 2.05) is 0 Å². The molecule has 0 aliphatic carbocycles. The Morgan fingerprint density at radius 2 is 2.06 bits per heavy atom. The SMILES string of the molecule is COc1cc(F)c(N2CC(CN)CC2=O)c(F)c1. The van der Waals surface area contributed by atoms with E-state index in [-0.39, 0.29) is 36.2 Å². The lowest BCUT2D eigenvalue weighted by Crippen LogP contribution is -2.27. The van der Waals surface area contributed by atoms with Crippen LogP contribution in [0.4, 0.5) is 14.5 Å². The number of halogens is 2. The van der Waals surface area contributed by atoms with Crippen LogP contribution in [-0.2, 0) is 4.79 Å². The van der Waals surface area contributed by atoms with Crippen molar-refractivity contribution < 1.29 is 18.3 Å². The van der Waals surface area contributed by atoms with E-state index in [1.165, 1.54) is 7.11 Å². The van der Waals surface area contributed by atoms with Gasteiger partial charge >= 0.3 is 0 Å². The number of hydrogen-bond acceptors (Lipinski definition) is 3. The highest BCUT2D eigenvalue weighted by atomic mass is 19.1. The summed E-state index contributed by atoms with van der Waals surface area (Å²) in [4.78, 5) is 12.8.